The predicted molar refractivity (Wildman–Crippen MR) is 123 cm³/mol. The van der Waals surface area contributed by atoms with E-state index in [-0.39, 0.29) is 27.6 Å². The lowest BCUT2D eigenvalue weighted by Gasteiger charge is -2.09. The number of rotatable bonds is 11. The molecular weight excluding hydrogens is 468 g/mol. The molecule has 0 bridgehead atoms. The molecule has 9 nitrogen and oxygen atoms in total. The summed E-state index contributed by atoms with van der Waals surface area (Å²) in [6.07, 6.45) is 3.16. The highest BCUT2D eigenvalue weighted by atomic mass is 32.1. The number of pyridine rings is 1. The number of urea groups is 1. The summed E-state index contributed by atoms with van der Waals surface area (Å²) in [5.41, 5.74) is -0.312. The number of aromatic nitrogens is 2. The Labute approximate surface area is 198 Å². The third-order valence-corrected chi connectivity index (χ3v) is 5.40. The van der Waals surface area contributed by atoms with E-state index in [1.165, 1.54) is 6.92 Å². The number of carboxylic acids is 1. The van der Waals surface area contributed by atoms with Gasteiger partial charge < -0.3 is 20.5 Å². The van der Waals surface area contributed by atoms with Crippen molar-refractivity contribution in [3.8, 4) is 5.88 Å². The molecular formula is C22H23F2N5O4S. The molecule has 180 valence electrons. The lowest BCUT2D eigenvalue weighted by Crippen LogP contribution is -2.30. The zero-order valence-corrected chi connectivity index (χ0v) is 19.0. The van der Waals surface area contributed by atoms with Crippen LogP contribution >= 0.6 is 11.5 Å². The van der Waals surface area contributed by atoms with Gasteiger partial charge in [-0.1, -0.05) is 6.07 Å². The first kappa shape index (κ1) is 24.8. The average Bonchev–Trinajstić information content (AvgIpc) is 3.21. The number of carbonyl (C=O) groups excluding carboxylic acids is 1. The molecule has 34 heavy (non-hydrogen) atoms. The topological polar surface area (TPSA) is 125 Å². The van der Waals surface area contributed by atoms with Gasteiger partial charge in [0.1, 0.15) is 29.1 Å². The highest BCUT2D eigenvalue weighted by Gasteiger charge is 2.24. The van der Waals surface area contributed by atoms with Gasteiger partial charge in [0.05, 0.1) is 0 Å². The number of unbranched alkanes of at least 4 members (excludes halogenated alkanes) is 1. The summed E-state index contributed by atoms with van der Waals surface area (Å²) in [4.78, 5) is 28.0. The van der Waals surface area contributed by atoms with Gasteiger partial charge in [-0.3, -0.25) is 5.32 Å². The zero-order valence-electron chi connectivity index (χ0n) is 18.2. The number of nitrogens with zero attached hydrogens (tertiary/aromatic N) is 2. The monoisotopic (exact) mass is 491 g/mol. The van der Waals surface area contributed by atoms with Crippen LogP contribution in [-0.2, 0) is 6.61 Å². The summed E-state index contributed by atoms with van der Waals surface area (Å²) in [5.74, 6) is -2.20. The van der Waals surface area contributed by atoms with E-state index in [1.807, 2.05) is 18.2 Å². The second-order valence-electron chi connectivity index (χ2n) is 7.21. The zero-order chi connectivity index (χ0) is 24.5. The van der Waals surface area contributed by atoms with Gasteiger partial charge in [0, 0.05) is 24.8 Å². The number of anilines is 2. The Hall–Kier alpha value is -3.80. The number of hydrogen-bond donors (Lipinski definition) is 4. The highest BCUT2D eigenvalue weighted by Crippen LogP contribution is 2.31. The third kappa shape index (κ3) is 6.85. The van der Waals surface area contributed by atoms with Crippen LogP contribution in [0, 0.1) is 18.6 Å². The fourth-order valence-electron chi connectivity index (χ4n) is 2.88. The van der Waals surface area contributed by atoms with Crippen molar-refractivity contribution in [2.75, 3.05) is 23.7 Å². The third-order valence-electron chi connectivity index (χ3n) is 4.65. The van der Waals surface area contributed by atoms with Crippen LogP contribution in [0.15, 0.2) is 36.5 Å². The van der Waals surface area contributed by atoms with E-state index >= 15 is 0 Å². The smallest absolute Gasteiger partial charge is 0.344 e. The Bertz CT molecular complexity index is 1140. The Balaban J connectivity index is 1.48. The van der Waals surface area contributed by atoms with E-state index in [0.717, 1.165) is 24.4 Å². The maximum atomic E-state index is 14.0. The molecule has 0 fully saturated rings. The van der Waals surface area contributed by atoms with Crippen molar-refractivity contribution in [3.05, 3.63) is 64.9 Å². The lowest BCUT2D eigenvalue weighted by molar-refractivity contribution is 0.0693. The molecule has 0 spiro atoms. The molecule has 12 heteroatoms. The number of aromatic carboxylic acids is 1. The number of hydrogen-bond acceptors (Lipinski definition) is 7. The molecule has 0 atom stereocenters. The molecule has 0 radical (unpaired) electrons. The molecule has 3 rings (SSSR count). The summed E-state index contributed by atoms with van der Waals surface area (Å²) in [5, 5.41) is 17.7. The molecule has 0 saturated carbocycles. The number of carboxylic acid groups (broad SMARTS) is 1. The minimum atomic E-state index is -1.38. The summed E-state index contributed by atoms with van der Waals surface area (Å²) < 4.78 is 36.9. The van der Waals surface area contributed by atoms with Gasteiger partial charge >= 0.3 is 12.0 Å². The molecule has 0 aliphatic rings. The van der Waals surface area contributed by atoms with Gasteiger partial charge in [-0.15, -0.1) is 0 Å². The van der Waals surface area contributed by atoms with Gasteiger partial charge in [-0.05, 0) is 61.1 Å². The first-order chi connectivity index (χ1) is 16.3. The van der Waals surface area contributed by atoms with Crippen LogP contribution in [0.3, 0.4) is 0 Å². The van der Waals surface area contributed by atoms with Crippen LogP contribution < -0.4 is 20.7 Å². The van der Waals surface area contributed by atoms with Crippen molar-refractivity contribution in [1.82, 2.24) is 14.7 Å². The van der Waals surface area contributed by atoms with Gasteiger partial charge in [0.2, 0.25) is 5.88 Å². The molecule has 2 amide bonds. The van der Waals surface area contributed by atoms with Crippen LogP contribution in [0.25, 0.3) is 0 Å². The summed E-state index contributed by atoms with van der Waals surface area (Å²) in [7, 11) is 0. The fourth-order valence-corrected chi connectivity index (χ4v) is 3.60. The van der Waals surface area contributed by atoms with Crippen LogP contribution in [0.4, 0.5) is 24.4 Å². The second-order valence-corrected chi connectivity index (χ2v) is 7.98. The second kappa shape index (κ2) is 11.9. The highest BCUT2D eigenvalue weighted by molar-refractivity contribution is 7.11. The molecule has 0 aliphatic carbocycles. The van der Waals surface area contributed by atoms with E-state index in [4.69, 9.17) is 4.74 Å². The number of carbonyl (C=O) groups is 2. The number of nitrogens with one attached hydrogen (secondary N) is 3. The minimum absolute atomic E-state index is 0.0348. The summed E-state index contributed by atoms with van der Waals surface area (Å²) >= 11 is 0.710. The van der Waals surface area contributed by atoms with Crippen molar-refractivity contribution in [2.24, 2.45) is 0 Å². The van der Waals surface area contributed by atoms with Gasteiger partial charge in [0.25, 0.3) is 0 Å². The van der Waals surface area contributed by atoms with Gasteiger partial charge in [-0.25, -0.2) is 23.4 Å². The van der Waals surface area contributed by atoms with E-state index < -0.39 is 30.2 Å². The molecule has 1 aromatic carbocycles. The lowest BCUT2D eigenvalue weighted by atomic mass is 10.1. The van der Waals surface area contributed by atoms with E-state index in [0.29, 0.717) is 31.0 Å². The number of amides is 2. The molecule has 0 saturated heterocycles. The standard InChI is InChI=1S/C22H23F2N5O4S/c1-13-10-16(24)14(11-15(13)23)12-33-19-18(21(30)31)20(34-29-19)28-22(32)27-9-5-4-8-26-17-6-2-3-7-25-17/h2-3,6-7,10-11H,4-5,8-9,12H2,1H3,(H,25,26)(H,30,31)(H2,27,28,32). The molecule has 2 aromatic heterocycles. The number of ether oxygens (including phenoxy) is 1. The summed E-state index contributed by atoms with van der Waals surface area (Å²) in [6, 6.07) is 6.97. The van der Waals surface area contributed by atoms with E-state index in [2.05, 4.69) is 25.3 Å². The maximum Gasteiger partial charge on any atom is 0.344 e. The maximum absolute atomic E-state index is 14.0. The first-order valence-corrected chi connectivity index (χ1v) is 11.1. The summed E-state index contributed by atoms with van der Waals surface area (Å²) in [6.45, 7) is 2.06. The Morgan fingerprint density at radius 3 is 2.68 bits per heavy atom. The Morgan fingerprint density at radius 1 is 1.15 bits per heavy atom. The van der Waals surface area contributed by atoms with Crippen molar-refractivity contribution in [3.63, 3.8) is 0 Å². The normalized spacial score (nSPS) is 10.6. The van der Waals surface area contributed by atoms with Crippen LogP contribution in [0.1, 0.15) is 34.3 Å². The molecule has 3 aromatic rings. The Morgan fingerprint density at radius 2 is 1.94 bits per heavy atom. The predicted octanol–water partition coefficient (Wildman–Crippen LogP) is 4.42. The number of benzene rings is 1. The van der Waals surface area contributed by atoms with E-state index in [1.54, 1.807) is 6.20 Å². The SMILES string of the molecule is Cc1cc(F)c(COc2nsc(NC(=O)NCCCCNc3ccccn3)c2C(=O)O)cc1F. The largest absolute Gasteiger partial charge is 0.477 e. The number of aryl methyl sites for hydroxylation is 1. The van der Waals surface area contributed by atoms with Crippen LogP contribution in [0.2, 0.25) is 0 Å². The van der Waals surface area contributed by atoms with E-state index in [9.17, 15) is 23.5 Å². The van der Waals surface area contributed by atoms with Crippen molar-refractivity contribution < 1.29 is 28.2 Å². The van der Waals surface area contributed by atoms with Gasteiger partial charge in [0.15, 0.2) is 5.56 Å². The van der Waals surface area contributed by atoms with Crippen LogP contribution in [-0.4, -0.2) is 39.6 Å². The molecule has 4 N–H and O–H groups in total. The molecule has 2 heterocycles. The quantitative estimate of drug-likeness (QED) is 0.293. The average molecular weight is 492 g/mol. The van der Waals surface area contributed by atoms with Crippen molar-refractivity contribution in [1.29, 1.82) is 0 Å². The van der Waals surface area contributed by atoms with Gasteiger partial charge in [-0.2, -0.15) is 4.37 Å². The van der Waals surface area contributed by atoms with Crippen molar-refractivity contribution in [2.45, 2.75) is 26.4 Å². The minimum Gasteiger partial charge on any atom is -0.477 e. The number of halogens is 2. The van der Waals surface area contributed by atoms with Crippen molar-refractivity contribution >= 4 is 34.4 Å². The Kier molecular flexibility index (Phi) is 8.68. The first-order valence-electron chi connectivity index (χ1n) is 10.3. The fraction of sp³-hybridized carbons (Fsp3) is 0.273. The molecule has 0 aliphatic heterocycles. The molecule has 0 unspecified atom stereocenters. The van der Waals surface area contributed by atoms with Crippen LogP contribution in [0.5, 0.6) is 5.88 Å².